The second-order valence-electron chi connectivity index (χ2n) is 8.47. The van der Waals surface area contributed by atoms with Gasteiger partial charge in [0, 0.05) is 44.5 Å². The molecule has 0 bridgehead atoms. The number of hydrogen-bond acceptors (Lipinski definition) is 5. The summed E-state index contributed by atoms with van der Waals surface area (Å²) in [5.74, 6) is 1.50. The Morgan fingerprint density at radius 3 is 2.71 bits per heavy atom. The summed E-state index contributed by atoms with van der Waals surface area (Å²) in [5, 5.41) is 7.51. The van der Waals surface area contributed by atoms with Gasteiger partial charge in [-0.2, -0.15) is 5.10 Å². The van der Waals surface area contributed by atoms with Gasteiger partial charge in [-0.25, -0.2) is 14.5 Å². The van der Waals surface area contributed by atoms with Gasteiger partial charge in [-0.1, -0.05) is 30.3 Å². The first-order valence-electron chi connectivity index (χ1n) is 12.1. The number of aryl methyl sites for hydroxylation is 2. The lowest BCUT2D eigenvalue weighted by Gasteiger charge is -2.25. The van der Waals surface area contributed by atoms with E-state index in [0.29, 0.717) is 19.7 Å². The van der Waals surface area contributed by atoms with Crippen LogP contribution in [0.5, 0.6) is 5.75 Å². The molecule has 34 heavy (non-hydrogen) atoms. The van der Waals surface area contributed by atoms with Gasteiger partial charge in [-0.3, -0.25) is 0 Å². The Bertz CT molecular complexity index is 1070. The second-order valence-corrected chi connectivity index (χ2v) is 8.47. The Labute approximate surface area is 201 Å². The maximum absolute atomic E-state index is 12.7. The summed E-state index contributed by atoms with van der Waals surface area (Å²) in [6.45, 7) is 8.24. The maximum Gasteiger partial charge on any atom is 0.317 e. The van der Waals surface area contributed by atoms with Gasteiger partial charge in [0.1, 0.15) is 23.6 Å². The molecule has 0 atom stereocenters. The summed E-state index contributed by atoms with van der Waals surface area (Å²) in [4.78, 5) is 21.2. The van der Waals surface area contributed by atoms with E-state index in [2.05, 4.69) is 56.7 Å². The first-order chi connectivity index (χ1) is 16.6. The van der Waals surface area contributed by atoms with E-state index in [1.54, 1.807) is 11.0 Å². The zero-order valence-corrected chi connectivity index (χ0v) is 20.1. The van der Waals surface area contributed by atoms with Crippen LogP contribution in [0, 0.1) is 6.92 Å². The van der Waals surface area contributed by atoms with Crippen molar-refractivity contribution in [3.8, 4) is 11.4 Å². The lowest BCUT2D eigenvalue weighted by molar-refractivity contribution is 0.201. The molecule has 4 rings (SSSR count). The average Bonchev–Trinajstić information content (AvgIpc) is 3.13. The van der Waals surface area contributed by atoms with Gasteiger partial charge in [-0.05, 0) is 50.8 Å². The topological polar surface area (TPSA) is 75.5 Å². The standard InChI is InChI=1S/C26H34N6O2/c1-3-34-25-19-23(12-13-24(25)32-20-28-21(2)29-32)30-15-8-16-31(18-17-30)26(33)27-14-7-11-22-9-5-4-6-10-22/h4-6,9-10,12-13,19-20H,3,7-8,11,14-18H2,1-2H3,(H,27,33). The summed E-state index contributed by atoms with van der Waals surface area (Å²) in [7, 11) is 0. The highest BCUT2D eigenvalue weighted by Crippen LogP contribution is 2.29. The molecule has 0 aliphatic carbocycles. The third kappa shape index (κ3) is 6.07. The zero-order valence-electron chi connectivity index (χ0n) is 20.1. The van der Waals surface area contributed by atoms with Crippen LogP contribution in [0.1, 0.15) is 31.2 Å². The van der Waals surface area contributed by atoms with E-state index in [9.17, 15) is 4.79 Å². The Balaban J connectivity index is 1.32. The number of amides is 2. The minimum atomic E-state index is 0.0295. The number of nitrogens with one attached hydrogen (secondary N) is 1. The molecule has 2 amide bonds. The van der Waals surface area contributed by atoms with Crippen LogP contribution in [0.15, 0.2) is 54.9 Å². The number of hydrogen-bond donors (Lipinski definition) is 1. The van der Waals surface area contributed by atoms with Crippen molar-refractivity contribution in [2.24, 2.45) is 0 Å². The van der Waals surface area contributed by atoms with E-state index >= 15 is 0 Å². The summed E-state index contributed by atoms with van der Waals surface area (Å²) in [6, 6.07) is 16.6. The van der Waals surface area contributed by atoms with Gasteiger partial charge in [-0.15, -0.1) is 0 Å². The Hall–Kier alpha value is -3.55. The molecule has 0 radical (unpaired) electrons. The van der Waals surface area contributed by atoms with E-state index in [1.165, 1.54) is 5.56 Å². The third-order valence-electron chi connectivity index (χ3n) is 6.01. The van der Waals surface area contributed by atoms with Crippen LogP contribution in [-0.4, -0.2) is 65.0 Å². The van der Waals surface area contributed by atoms with Crippen molar-refractivity contribution in [1.29, 1.82) is 0 Å². The van der Waals surface area contributed by atoms with Crippen LogP contribution in [-0.2, 0) is 6.42 Å². The van der Waals surface area contributed by atoms with E-state index in [-0.39, 0.29) is 6.03 Å². The normalized spacial score (nSPS) is 14.1. The number of ether oxygens (including phenoxy) is 1. The summed E-state index contributed by atoms with van der Waals surface area (Å²) in [6.07, 6.45) is 4.54. The van der Waals surface area contributed by atoms with Crippen LogP contribution in [0.4, 0.5) is 10.5 Å². The number of benzene rings is 2. The molecular weight excluding hydrogens is 428 g/mol. The minimum Gasteiger partial charge on any atom is -0.492 e. The lowest BCUT2D eigenvalue weighted by Crippen LogP contribution is -2.42. The van der Waals surface area contributed by atoms with Gasteiger partial charge >= 0.3 is 6.03 Å². The maximum atomic E-state index is 12.7. The SMILES string of the molecule is CCOc1cc(N2CCCN(C(=O)NCCCc3ccccc3)CC2)ccc1-n1cnc(C)n1. The molecule has 1 aromatic heterocycles. The first-order valence-corrected chi connectivity index (χ1v) is 12.1. The van der Waals surface area contributed by atoms with Crippen molar-refractivity contribution in [3.63, 3.8) is 0 Å². The molecule has 2 aromatic carbocycles. The average molecular weight is 463 g/mol. The fraction of sp³-hybridized carbons (Fsp3) is 0.423. The first kappa shape index (κ1) is 23.6. The number of anilines is 1. The number of nitrogens with zero attached hydrogens (tertiary/aromatic N) is 5. The van der Waals surface area contributed by atoms with E-state index in [1.807, 2.05) is 30.9 Å². The van der Waals surface area contributed by atoms with Gasteiger partial charge in [0.05, 0.1) is 6.61 Å². The van der Waals surface area contributed by atoms with Gasteiger partial charge in [0.2, 0.25) is 0 Å². The smallest absolute Gasteiger partial charge is 0.317 e. The number of carbonyl (C=O) groups excluding carboxylic acids is 1. The minimum absolute atomic E-state index is 0.0295. The lowest BCUT2D eigenvalue weighted by atomic mass is 10.1. The summed E-state index contributed by atoms with van der Waals surface area (Å²) < 4.78 is 7.67. The molecule has 3 aromatic rings. The van der Waals surface area contributed by atoms with Crippen LogP contribution in [0.2, 0.25) is 0 Å². The van der Waals surface area contributed by atoms with Gasteiger partial charge in [0.15, 0.2) is 0 Å². The van der Waals surface area contributed by atoms with Crippen LogP contribution < -0.4 is 15.0 Å². The molecule has 1 aliphatic rings. The van der Waals surface area contributed by atoms with E-state index < -0.39 is 0 Å². The molecule has 8 nitrogen and oxygen atoms in total. The predicted molar refractivity (Wildman–Crippen MR) is 134 cm³/mol. The molecule has 0 spiro atoms. The highest BCUT2D eigenvalue weighted by Gasteiger charge is 2.20. The Morgan fingerprint density at radius 2 is 1.94 bits per heavy atom. The third-order valence-corrected chi connectivity index (χ3v) is 6.01. The highest BCUT2D eigenvalue weighted by atomic mass is 16.5. The highest BCUT2D eigenvalue weighted by molar-refractivity contribution is 5.74. The molecule has 1 aliphatic heterocycles. The summed E-state index contributed by atoms with van der Waals surface area (Å²) in [5.41, 5.74) is 3.27. The summed E-state index contributed by atoms with van der Waals surface area (Å²) >= 11 is 0. The number of aromatic nitrogens is 3. The number of rotatable bonds is 8. The molecule has 1 fully saturated rings. The zero-order chi connectivity index (χ0) is 23.8. The molecule has 2 heterocycles. The number of urea groups is 1. The fourth-order valence-electron chi connectivity index (χ4n) is 4.24. The van der Waals surface area contributed by atoms with Crippen molar-refractivity contribution in [2.45, 2.75) is 33.1 Å². The van der Waals surface area contributed by atoms with E-state index in [0.717, 1.165) is 61.8 Å². The second kappa shape index (κ2) is 11.5. The molecule has 0 saturated carbocycles. The molecule has 1 saturated heterocycles. The van der Waals surface area contributed by atoms with Crippen LogP contribution >= 0.6 is 0 Å². The Morgan fingerprint density at radius 1 is 1.09 bits per heavy atom. The van der Waals surface area contributed by atoms with E-state index in [4.69, 9.17) is 4.74 Å². The van der Waals surface area contributed by atoms with Gasteiger partial charge in [0.25, 0.3) is 0 Å². The quantitative estimate of drug-likeness (QED) is 0.515. The van der Waals surface area contributed by atoms with Crippen molar-refractivity contribution in [2.75, 3.05) is 44.2 Å². The Kier molecular flexibility index (Phi) is 8.01. The molecule has 0 unspecified atom stereocenters. The van der Waals surface area contributed by atoms with Gasteiger partial charge < -0.3 is 19.9 Å². The molecule has 1 N–H and O–H groups in total. The fourth-order valence-corrected chi connectivity index (χ4v) is 4.24. The van der Waals surface area contributed by atoms with Crippen LogP contribution in [0.3, 0.4) is 0 Å². The van der Waals surface area contributed by atoms with Crippen molar-refractivity contribution in [1.82, 2.24) is 25.0 Å². The number of carbonyl (C=O) groups is 1. The largest absolute Gasteiger partial charge is 0.492 e. The predicted octanol–water partition coefficient (Wildman–Crippen LogP) is 3.83. The monoisotopic (exact) mass is 462 g/mol. The van der Waals surface area contributed by atoms with Crippen LogP contribution in [0.25, 0.3) is 5.69 Å². The van der Waals surface area contributed by atoms with Crippen molar-refractivity contribution < 1.29 is 9.53 Å². The molecule has 180 valence electrons. The molecular formula is C26H34N6O2. The van der Waals surface area contributed by atoms with Crippen molar-refractivity contribution >= 4 is 11.7 Å². The molecule has 8 heteroatoms. The van der Waals surface area contributed by atoms with Crippen molar-refractivity contribution in [3.05, 3.63) is 66.2 Å².